The molecule has 2 aromatic carbocycles. The van der Waals surface area contributed by atoms with Crippen LogP contribution < -0.4 is 5.32 Å². The van der Waals surface area contributed by atoms with Gasteiger partial charge >= 0.3 is 5.97 Å². The Bertz CT molecular complexity index is 866. The number of phenolic OH excluding ortho intramolecular Hbond substituents is 1. The van der Waals surface area contributed by atoms with Crippen molar-refractivity contribution < 1.29 is 15.0 Å². The number of phenols is 1. The van der Waals surface area contributed by atoms with Gasteiger partial charge in [0.2, 0.25) is 0 Å². The molecule has 110 valence electrons. The van der Waals surface area contributed by atoms with Crippen LogP contribution in [0.3, 0.4) is 0 Å². The van der Waals surface area contributed by atoms with E-state index in [2.05, 4.69) is 22.1 Å². The highest BCUT2D eigenvalue weighted by molar-refractivity contribution is 5.98. The maximum Gasteiger partial charge on any atom is 0.335 e. The number of H-pyrrole nitrogens is 1. The second-order valence-electron chi connectivity index (χ2n) is 4.79. The van der Waals surface area contributed by atoms with Crippen LogP contribution in [-0.4, -0.2) is 26.4 Å². The van der Waals surface area contributed by atoms with Crippen LogP contribution in [0, 0.1) is 0 Å². The van der Waals surface area contributed by atoms with Crippen LogP contribution in [0.4, 0.5) is 5.69 Å². The van der Waals surface area contributed by atoms with Crippen molar-refractivity contribution in [3.8, 4) is 5.75 Å². The van der Waals surface area contributed by atoms with Crippen LogP contribution in [0.1, 0.15) is 16.1 Å². The van der Waals surface area contributed by atoms with E-state index in [1.807, 2.05) is 0 Å². The zero-order valence-corrected chi connectivity index (χ0v) is 11.5. The summed E-state index contributed by atoms with van der Waals surface area (Å²) in [5.41, 5.74) is 2.74. The normalized spacial score (nSPS) is 10.5. The number of aromatic amines is 1. The summed E-state index contributed by atoms with van der Waals surface area (Å²) in [6.45, 7) is 3.94. The lowest BCUT2D eigenvalue weighted by molar-refractivity contribution is 0.0697. The fourth-order valence-corrected chi connectivity index (χ4v) is 2.16. The van der Waals surface area contributed by atoms with E-state index in [1.54, 1.807) is 36.4 Å². The molecular weight excluding hydrogens is 282 g/mol. The van der Waals surface area contributed by atoms with Crippen molar-refractivity contribution in [1.29, 1.82) is 0 Å². The molecule has 0 bridgehead atoms. The number of aromatic hydroxyl groups is 1. The lowest BCUT2D eigenvalue weighted by Gasteiger charge is -2.08. The molecule has 22 heavy (non-hydrogen) atoms. The summed E-state index contributed by atoms with van der Waals surface area (Å²) in [4.78, 5) is 11.1. The maximum atomic E-state index is 11.1. The molecule has 0 unspecified atom stereocenters. The monoisotopic (exact) mass is 295 g/mol. The van der Waals surface area contributed by atoms with Crippen molar-refractivity contribution >= 4 is 28.3 Å². The topological polar surface area (TPSA) is 98.2 Å². The molecule has 6 nitrogen and oxygen atoms in total. The van der Waals surface area contributed by atoms with Gasteiger partial charge in [-0.1, -0.05) is 6.58 Å². The molecule has 0 aliphatic heterocycles. The molecule has 0 aliphatic rings. The number of benzene rings is 2. The minimum atomic E-state index is -0.994. The number of hydrogen-bond donors (Lipinski definition) is 4. The maximum absolute atomic E-state index is 11.1. The van der Waals surface area contributed by atoms with Crippen LogP contribution in [0.2, 0.25) is 0 Å². The van der Waals surface area contributed by atoms with Gasteiger partial charge in [-0.05, 0) is 42.5 Å². The highest BCUT2D eigenvalue weighted by Gasteiger charge is 2.12. The molecule has 3 aromatic rings. The first-order valence-corrected chi connectivity index (χ1v) is 6.51. The third-order valence-electron chi connectivity index (χ3n) is 3.26. The summed E-state index contributed by atoms with van der Waals surface area (Å²) in [6.07, 6.45) is 0. The number of carbonyl (C=O) groups is 1. The van der Waals surface area contributed by atoms with Gasteiger partial charge in [0.25, 0.3) is 0 Å². The Hall–Kier alpha value is -3.28. The van der Waals surface area contributed by atoms with Crippen LogP contribution in [0.15, 0.2) is 49.0 Å². The van der Waals surface area contributed by atoms with Crippen LogP contribution in [-0.2, 0) is 0 Å². The number of rotatable bonds is 4. The van der Waals surface area contributed by atoms with E-state index in [9.17, 15) is 9.90 Å². The minimum Gasteiger partial charge on any atom is -0.508 e. The quantitative estimate of drug-likeness (QED) is 0.554. The predicted molar refractivity (Wildman–Crippen MR) is 83.8 cm³/mol. The first-order chi connectivity index (χ1) is 10.5. The Morgan fingerprint density at radius 1 is 1.18 bits per heavy atom. The zero-order valence-electron chi connectivity index (χ0n) is 11.5. The average molecular weight is 295 g/mol. The molecule has 0 fully saturated rings. The fraction of sp³-hybridized carbons (Fsp3) is 0. The lowest BCUT2D eigenvalue weighted by atomic mass is 10.1. The molecule has 4 N–H and O–H groups in total. The highest BCUT2D eigenvalue weighted by Crippen LogP contribution is 2.25. The number of aromatic carboxylic acids is 1. The van der Waals surface area contributed by atoms with Crippen molar-refractivity contribution in [2.45, 2.75) is 0 Å². The summed E-state index contributed by atoms with van der Waals surface area (Å²) in [5, 5.41) is 29.1. The SMILES string of the molecule is C=C(Nc1ccc(O)cc1)c1n[nH]c2ccc(C(=O)O)cc12. The largest absolute Gasteiger partial charge is 0.508 e. The second kappa shape index (κ2) is 5.25. The van der Waals surface area contributed by atoms with E-state index in [0.29, 0.717) is 16.8 Å². The van der Waals surface area contributed by atoms with Crippen molar-refractivity contribution in [2.75, 3.05) is 5.32 Å². The molecule has 0 saturated carbocycles. The third kappa shape index (κ3) is 2.49. The molecular formula is C16H13N3O3. The molecule has 6 heteroatoms. The van der Waals surface area contributed by atoms with Crippen molar-refractivity contribution in [2.24, 2.45) is 0 Å². The molecule has 0 spiro atoms. The first-order valence-electron chi connectivity index (χ1n) is 6.51. The summed E-state index contributed by atoms with van der Waals surface area (Å²) in [5.74, 6) is -0.821. The Kier molecular flexibility index (Phi) is 3.27. The Morgan fingerprint density at radius 3 is 2.59 bits per heavy atom. The predicted octanol–water partition coefficient (Wildman–Crippen LogP) is 3.05. The Balaban J connectivity index is 1.95. The molecule has 3 rings (SSSR count). The minimum absolute atomic E-state index is 0.174. The first kappa shape index (κ1) is 13.7. The second-order valence-corrected chi connectivity index (χ2v) is 4.79. The number of nitrogens with one attached hydrogen (secondary N) is 2. The van der Waals surface area contributed by atoms with E-state index in [1.165, 1.54) is 6.07 Å². The van der Waals surface area contributed by atoms with E-state index >= 15 is 0 Å². The fourth-order valence-electron chi connectivity index (χ4n) is 2.16. The van der Waals surface area contributed by atoms with Gasteiger partial charge in [-0.2, -0.15) is 5.10 Å². The van der Waals surface area contributed by atoms with Crippen LogP contribution in [0.25, 0.3) is 16.6 Å². The van der Waals surface area contributed by atoms with Crippen molar-refractivity contribution in [3.63, 3.8) is 0 Å². The van der Waals surface area contributed by atoms with Gasteiger partial charge in [-0.15, -0.1) is 0 Å². The number of aromatic nitrogens is 2. The molecule has 0 radical (unpaired) electrons. The number of nitrogens with zero attached hydrogens (tertiary/aromatic N) is 1. The number of anilines is 1. The summed E-state index contributed by atoms with van der Waals surface area (Å²) >= 11 is 0. The van der Waals surface area contributed by atoms with Gasteiger partial charge in [0, 0.05) is 11.1 Å². The summed E-state index contributed by atoms with van der Waals surface area (Å²) < 4.78 is 0. The van der Waals surface area contributed by atoms with Gasteiger partial charge in [-0.3, -0.25) is 5.10 Å². The standard InChI is InChI=1S/C16H13N3O3/c1-9(17-11-3-5-12(20)6-4-11)15-13-8-10(16(21)22)2-7-14(13)18-19-15/h2-8,17,20H,1H2,(H,18,19)(H,21,22). The Labute approximate surface area is 125 Å². The molecule has 0 amide bonds. The summed E-state index contributed by atoms with van der Waals surface area (Å²) in [6, 6.07) is 11.3. The molecule has 0 saturated heterocycles. The molecule has 1 heterocycles. The smallest absolute Gasteiger partial charge is 0.335 e. The van der Waals surface area contributed by atoms with Gasteiger partial charge < -0.3 is 15.5 Å². The van der Waals surface area contributed by atoms with E-state index < -0.39 is 5.97 Å². The number of carboxylic acid groups (broad SMARTS) is 1. The third-order valence-corrected chi connectivity index (χ3v) is 3.26. The molecule has 0 atom stereocenters. The Morgan fingerprint density at radius 2 is 1.91 bits per heavy atom. The van der Waals surface area contributed by atoms with Gasteiger partial charge in [0.1, 0.15) is 11.4 Å². The zero-order chi connectivity index (χ0) is 15.7. The van der Waals surface area contributed by atoms with Crippen molar-refractivity contribution in [3.05, 3.63) is 60.3 Å². The number of hydrogen-bond acceptors (Lipinski definition) is 4. The van der Waals surface area contributed by atoms with Crippen molar-refractivity contribution in [1.82, 2.24) is 10.2 Å². The summed E-state index contributed by atoms with van der Waals surface area (Å²) in [7, 11) is 0. The number of fused-ring (bicyclic) bond motifs is 1. The van der Waals surface area contributed by atoms with Gasteiger partial charge in [0.05, 0.1) is 16.8 Å². The van der Waals surface area contributed by atoms with E-state index in [4.69, 9.17) is 5.11 Å². The average Bonchev–Trinajstić information content (AvgIpc) is 2.92. The van der Waals surface area contributed by atoms with E-state index in [0.717, 1.165) is 11.2 Å². The highest BCUT2D eigenvalue weighted by atomic mass is 16.4. The van der Waals surface area contributed by atoms with Gasteiger partial charge in [-0.25, -0.2) is 4.79 Å². The number of carboxylic acids is 1. The van der Waals surface area contributed by atoms with Crippen LogP contribution in [0.5, 0.6) is 5.75 Å². The molecule has 0 aliphatic carbocycles. The van der Waals surface area contributed by atoms with Crippen LogP contribution >= 0.6 is 0 Å². The molecule has 1 aromatic heterocycles. The van der Waals surface area contributed by atoms with Gasteiger partial charge in [0.15, 0.2) is 0 Å². The van der Waals surface area contributed by atoms with E-state index in [-0.39, 0.29) is 11.3 Å². The lowest BCUT2D eigenvalue weighted by Crippen LogP contribution is -1.99.